The second-order valence-corrected chi connectivity index (χ2v) is 7.29. The highest BCUT2D eigenvalue weighted by atomic mass is 79.9. The predicted octanol–water partition coefficient (Wildman–Crippen LogP) is 2.65. The molecule has 6 heteroatoms. The Morgan fingerprint density at radius 3 is 2.35 bits per heavy atom. The first kappa shape index (κ1) is 18.9. The molecule has 0 spiro atoms. The minimum absolute atomic E-state index is 0.0603. The molecule has 1 aliphatic heterocycles. The standard InChI is InChI=1S/C20H23BrN2O3/c21-17-8-6-16(7-9-17)20(25)23-12-10-22(11-13-23)14-18(24)15-26-19-4-2-1-3-5-19/h1-9,18,24H,10-15H2/t18-/m1/s1. The fraction of sp³-hybridized carbons (Fsp3) is 0.350. The Labute approximate surface area is 162 Å². The largest absolute Gasteiger partial charge is 0.491 e. The van der Waals surface area contributed by atoms with Crippen LogP contribution < -0.4 is 4.74 Å². The van der Waals surface area contributed by atoms with Gasteiger partial charge in [-0.2, -0.15) is 0 Å². The van der Waals surface area contributed by atoms with E-state index < -0.39 is 6.10 Å². The SMILES string of the molecule is O=C(c1ccc(Br)cc1)N1CCN(C[C@@H](O)COc2ccccc2)CC1. The first-order chi connectivity index (χ1) is 12.6. The molecule has 138 valence electrons. The average molecular weight is 419 g/mol. The molecule has 0 aromatic heterocycles. The van der Waals surface area contributed by atoms with Gasteiger partial charge in [-0.15, -0.1) is 0 Å². The van der Waals surface area contributed by atoms with Crippen molar-refractivity contribution < 1.29 is 14.6 Å². The number of carbonyl (C=O) groups excluding carboxylic acids is 1. The summed E-state index contributed by atoms with van der Waals surface area (Å²) in [5.74, 6) is 0.821. The summed E-state index contributed by atoms with van der Waals surface area (Å²) >= 11 is 3.38. The molecule has 1 atom stereocenters. The fourth-order valence-corrected chi connectivity index (χ4v) is 3.23. The summed E-state index contributed by atoms with van der Waals surface area (Å²) in [5.41, 5.74) is 0.706. The Morgan fingerprint density at radius 1 is 1.04 bits per heavy atom. The Balaban J connectivity index is 1.41. The molecule has 5 nitrogen and oxygen atoms in total. The summed E-state index contributed by atoms with van der Waals surface area (Å²) < 4.78 is 6.55. The van der Waals surface area contributed by atoms with Gasteiger partial charge in [-0.25, -0.2) is 0 Å². The lowest BCUT2D eigenvalue weighted by Crippen LogP contribution is -2.50. The maximum atomic E-state index is 12.5. The second kappa shape index (κ2) is 9.16. The monoisotopic (exact) mass is 418 g/mol. The zero-order valence-electron chi connectivity index (χ0n) is 14.6. The number of aliphatic hydroxyl groups is 1. The van der Waals surface area contributed by atoms with Gasteiger partial charge < -0.3 is 14.7 Å². The van der Waals surface area contributed by atoms with Crippen molar-refractivity contribution in [3.8, 4) is 5.75 Å². The number of ether oxygens (including phenoxy) is 1. The molecule has 1 N–H and O–H groups in total. The molecule has 0 unspecified atom stereocenters. The van der Waals surface area contributed by atoms with E-state index in [1.807, 2.05) is 59.5 Å². The first-order valence-corrected chi connectivity index (χ1v) is 9.54. The molecule has 0 bridgehead atoms. The number of hydrogen-bond donors (Lipinski definition) is 1. The number of para-hydroxylation sites is 1. The molecule has 0 saturated carbocycles. The Hall–Kier alpha value is -1.89. The van der Waals surface area contributed by atoms with Crippen LogP contribution in [0.1, 0.15) is 10.4 Å². The van der Waals surface area contributed by atoms with E-state index >= 15 is 0 Å². The van der Waals surface area contributed by atoms with Gasteiger partial charge in [0.2, 0.25) is 0 Å². The number of carbonyl (C=O) groups is 1. The van der Waals surface area contributed by atoms with Crippen molar-refractivity contribution in [2.24, 2.45) is 0 Å². The molecule has 1 saturated heterocycles. The van der Waals surface area contributed by atoms with Crippen LogP contribution >= 0.6 is 15.9 Å². The molecule has 1 aliphatic rings. The zero-order chi connectivity index (χ0) is 18.4. The van der Waals surface area contributed by atoms with Gasteiger partial charge in [-0.05, 0) is 36.4 Å². The Morgan fingerprint density at radius 2 is 1.69 bits per heavy atom. The van der Waals surface area contributed by atoms with Crippen LogP contribution in [0.25, 0.3) is 0 Å². The van der Waals surface area contributed by atoms with E-state index in [-0.39, 0.29) is 12.5 Å². The van der Waals surface area contributed by atoms with Gasteiger partial charge in [0.25, 0.3) is 5.91 Å². The van der Waals surface area contributed by atoms with Crippen molar-refractivity contribution in [1.82, 2.24) is 9.80 Å². The van der Waals surface area contributed by atoms with Crippen LogP contribution in [0.3, 0.4) is 0 Å². The van der Waals surface area contributed by atoms with E-state index in [0.717, 1.165) is 23.3 Å². The maximum Gasteiger partial charge on any atom is 0.253 e. The molecular formula is C20H23BrN2O3. The van der Waals surface area contributed by atoms with Crippen molar-refractivity contribution in [3.63, 3.8) is 0 Å². The molecule has 2 aromatic rings. The minimum Gasteiger partial charge on any atom is -0.491 e. The third-order valence-corrected chi connectivity index (χ3v) is 4.93. The lowest BCUT2D eigenvalue weighted by atomic mass is 10.2. The zero-order valence-corrected chi connectivity index (χ0v) is 16.1. The molecule has 0 radical (unpaired) electrons. The molecule has 1 amide bonds. The number of hydrogen-bond acceptors (Lipinski definition) is 4. The molecule has 1 fully saturated rings. The summed E-state index contributed by atoms with van der Waals surface area (Å²) in [7, 11) is 0. The van der Waals surface area contributed by atoms with Gasteiger partial charge in [0, 0.05) is 42.8 Å². The van der Waals surface area contributed by atoms with E-state index in [1.54, 1.807) is 0 Å². The van der Waals surface area contributed by atoms with Crippen LogP contribution in [0, 0.1) is 0 Å². The number of aliphatic hydroxyl groups excluding tert-OH is 1. The molecule has 0 aliphatic carbocycles. The molecule has 26 heavy (non-hydrogen) atoms. The van der Waals surface area contributed by atoms with Crippen molar-refractivity contribution in [1.29, 1.82) is 0 Å². The molecular weight excluding hydrogens is 396 g/mol. The van der Waals surface area contributed by atoms with Crippen LogP contribution in [0.4, 0.5) is 0 Å². The predicted molar refractivity (Wildman–Crippen MR) is 104 cm³/mol. The number of rotatable bonds is 6. The van der Waals surface area contributed by atoms with E-state index in [0.29, 0.717) is 25.2 Å². The van der Waals surface area contributed by atoms with Crippen LogP contribution in [-0.4, -0.2) is 66.2 Å². The van der Waals surface area contributed by atoms with Gasteiger partial charge in [-0.1, -0.05) is 34.1 Å². The van der Waals surface area contributed by atoms with E-state index in [4.69, 9.17) is 4.74 Å². The highest BCUT2D eigenvalue weighted by Gasteiger charge is 2.23. The van der Waals surface area contributed by atoms with Gasteiger partial charge in [0.05, 0.1) is 0 Å². The number of β-amino-alcohol motifs (C(OH)–C–C–N with tert-alkyl or cyclic N) is 1. The maximum absolute atomic E-state index is 12.5. The van der Waals surface area contributed by atoms with Crippen LogP contribution in [0.5, 0.6) is 5.75 Å². The number of piperazine rings is 1. The Kier molecular flexibility index (Phi) is 6.66. The number of amides is 1. The third-order valence-electron chi connectivity index (χ3n) is 4.41. The highest BCUT2D eigenvalue weighted by Crippen LogP contribution is 2.14. The molecule has 2 aromatic carbocycles. The van der Waals surface area contributed by atoms with E-state index in [9.17, 15) is 9.90 Å². The minimum atomic E-state index is -0.552. The summed E-state index contributed by atoms with van der Waals surface area (Å²) in [6.07, 6.45) is -0.552. The highest BCUT2D eigenvalue weighted by molar-refractivity contribution is 9.10. The Bertz CT molecular complexity index is 701. The summed E-state index contributed by atoms with van der Waals surface area (Å²) in [4.78, 5) is 16.6. The molecule has 1 heterocycles. The normalized spacial score (nSPS) is 16.3. The van der Waals surface area contributed by atoms with Gasteiger partial charge >= 0.3 is 0 Å². The van der Waals surface area contributed by atoms with Crippen LogP contribution in [0.2, 0.25) is 0 Å². The van der Waals surface area contributed by atoms with Crippen LogP contribution in [-0.2, 0) is 0 Å². The van der Waals surface area contributed by atoms with Gasteiger partial charge in [0.1, 0.15) is 18.5 Å². The summed E-state index contributed by atoms with van der Waals surface area (Å²) in [6, 6.07) is 16.9. The quantitative estimate of drug-likeness (QED) is 0.783. The third kappa shape index (κ3) is 5.30. The number of halogens is 1. The first-order valence-electron chi connectivity index (χ1n) is 8.75. The number of benzene rings is 2. The molecule has 3 rings (SSSR count). The van der Waals surface area contributed by atoms with E-state index in [1.165, 1.54) is 0 Å². The fourth-order valence-electron chi connectivity index (χ4n) is 2.97. The van der Waals surface area contributed by atoms with Crippen LogP contribution in [0.15, 0.2) is 59.1 Å². The van der Waals surface area contributed by atoms with Gasteiger partial charge in [0.15, 0.2) is 0 Å². The number of nitrogens with zero attached hydrogens (tertiary/aromatic N) is 2. The topological polar surface area (TPSA) is 53.0 Å². The smallest absolute Gasteiger partial charge is 0.253 e. The van der Waals surface area contributed by atoms with Crippen molar-refractivity contribution in [3.05, 3.63) is 64.6 Å². The van der Waals surface area contributed by atoms with Crippen molar-refractivity contribution in [2.45, 2.75) is 6.10 Å². The summed E-state index contributed by atoms with van der Waals surface area (Å²) in [6.45, 7) is 3.66. The van der Waals surface area contributed by atoms with Crippen molar-refractivity contribution in [2.75, 3.05) is 39.3 Å². The van der Waals surface area contributed by atoms with Gasteiger partial charge in [-0.3, -0.25) is 9.69 Å². The summed E-state index contributed by atoms with van der Waals surface area (Å²) in [5, 5.41) is 10.2. The lowest BCUT2D eigenvalue weighted by molar-refractivity contribution is 0.0403. The lowest BCUT2D eigenvalue weighted by Gasteiger charge is -2.35. The van der Waals surface area contributed by atoms with Crippen molar-refractivity contribution >= 4 is 21.8 Å². The van der Waals surface area contributed by atoms with E-state index in [2.05, 4.69) is 20.8 Å². The second-order valence-electron chi connectivity index (χ2n) is 6.38. The average Bonchev–Trinajstić information content (AvgIpc) is 2.68.